The second-order valence-corrected chi connectivity index (χ2v) is 4.91. The van der Waals surface area contributed by atoms with Crippen LogP contribution in [0.1, 0.15) is 40.5 Å². The van der Waals surface area contributed by atoms with Crippen LogP contribution < -0.4 is 0 Å². The van der Waals surface area contributed by atoms with Gasteiger partial charge in [0, 0.05) is 13.5 Å². The summed E-state index contributed by atoms with van der Waals surface area (Å²) in [5.41, 5.74) is 0.920. The third kappa shape index (κ3) is 4.56. The molecule has 0 N–H and O–H groups in total. The van der Waals surface area contributed by atoms with Gasteiger partial charge >= 0.3 is 0 Å². The van der Waals surface area contributed by atoms with E-state index in [-0.39, 0.29) is 17.3 Å². The SMILES string of the molecule is C=C(C)CCC(=O)C(OC)C(C)(C)C. The van der Waals surface area contributed by atoms with Crippen molar-refractivity contribution >= 4 is 5.78 Å². The van der Waals surface area contributed by atoms with Crippen molar-refractivity contribution in [2.24, 2.45) is 5.41 Å². The highest BCUT2D eigenvalue weighted by atomic mass is 16.5. The molecule has 0 aliphatic rings. The summed E-state index contributed by atoms with van der Waals surface area (Å²) >= 11 is 0. The zero-order chi connectivity index (χ0) is 11.4. The Kier molecular flexibility index (Phi) is 5.06. The molecular weight excluding hydrogens is 176 g/mol. The third-order valence-electron chi connectivity index (χ3n) is 2.11. The van der Waals surface area contributed by atoms with E-state index in [0.29, 0.717) is 6.42 Å². The van der Waals surface area contributed by atoms with Crippen LogP contribution in [0.15, 0.2) is 12.2 Å². The number of methoxy groups -OCH3 is 1. The van der Waals surface area contributed by atoms with Gasteiger partial charge in [0.1, 0.15) is 6.10 Å². The van der Waals surface area contributed by atoms with Gasteiger partial charge in [0.2, 0.25) is 0 Å². The third-order valence-corrected chi connectivity index (χ3v) is 2.11. The van der Waals surface area contributed by atoms with Crippen LogP contribution in [0.25, 0.3) is 0 Å². The summed E-state index contributed by atoms with van der Waals surface area (Å²) in [5.74, 6) is 0.169. The fourth-order valence-electron chi connectivity index (χ4n) is 1.44. The normalized spacial score (nSPS) is 13.8. The summed E-state index contributed by atoms with van der Waals surface area (Å²) in [6.07, 6.45) is 0.988. The van der Waals surface area contributed by atoms with Gasteiger partial charge in [-0.2, -0.15) is 0 Å². The van der Waals surface area contributed by atoms with Gasteiger partial charge in [-0.15, -0.1) is 6.58 Å². The molecule has 0 aliphatic heterocycles. The maximum Gasteiger partial charge on any atom is 0.162 e. The van der Waals surface area contributed by atoms with Crippen LogP contribution in [-0.2, 0) is 9.53 Å². The van der Waals surface area contributed by atoms with Gasteiger partial charge in [0.05, 0.1) is 0 Å². The quantitative estimate of drug-likeness (QED) is 0.635. The number of Topliss-reactive ketones (excluding diaryl/α,β-unsaturated/α-hetero) is 1. The van der Waals surface area contributed by atoms with E-state index in [0.717, 1.165) is 12.0 Å². The largest absolute Gasteiger partial charge is 0.373 e. The molecule has 1 atom stereocenters. The molecule has 0 aromatic carbocycles. The van der Waals surface area contributed by atoms with Gasteiger partial charge in [0.25, 0.3) is 0 Å². The maximum absolute atomic E-state index is 11.8. The predicted octanol–water partition coefficient (Wildman–Crippen LogP) is 2.97. The zero-order valence-corrected chi connectivity index (χ0v) is 10.0. The van der Waals surface area contributed by atoms with Crippen LogP contribution in [0.5, 0.6) is 0 Å². The molecule has 0 amide bonds. The number of rotatable bonds is 5. The molecule has 0 rings (SSSR count). The number of ketones is 1. The minimum Gasteiger partial charge on any atom is -0.373 e. The lowest BCUT2D eigenvalue weighted by atomic mass is 9.85. The fourth-order valence-corrected chi connectivity index (χ4v) is 1.44. The number of allylic oxidation sites excluding steroid dienone is 1. The van der Waals surface area contributed by atoms with Crippen molar-refractivity contribution in [2.75, 3.05) is 7.11 Å². The van der Waals surface area contributed by atoms with Crippen molar-refractivity contribution in [2.45, 2.75) is 46.6 Å². The van der Waals surface area contributed by atoms with Crippen molar-refractivity contribution < 1.29 is 9.53 Å². The molecule has 0 saturated carbocycles. The molecule has 0 aromatic rings. The van der Waals surface area contributed by atoms with Crippen molar-refractivity contribution in [3.63, 3.8) is 0 Å². The summed E-state index contributed by atoms with van der Waals surface area (Å²) in [7, 11) is 1.59. The molecule has 2 heteroatoms. The molecule has 0 heterocycles. The van der Waals surface area contributed by atoms with Crippen molar-refractivity contribution in [3.8, 4) is 0 Å². The van der Waals surface area contributed by atoms with E-state index in [1.54, 1.807) is 7.11 Å². The van der Waals surface area contributed by atoms with Gasteiger partial charge < -0.3 is 4.74 Å². The highest BCUT2D eigenvalue weighted by Gasteiger charge is 2.30. The van der Waals surface area contributed by atoms with E-state index in [9.17, 15) is 4.79 Å². The molecule has 82 valence electrons. The monoisotopic (exact) mass is 198 g/mol. The van der Waals surface area contributed by atoms with Gasteiger partial charge in [-0.1, -0.05) is 26.3 Å². The summed E-state index contributed by atoms with van der Waals surface area (Å²) < 4.78 is 5.23. The van der Waals surface area contributed by atoms with Crippen LogP contribution in [-0.4, -0.2) is 19.0 Å². The van der Waals surface area contributed by atoms with E-state index < -0.39 is 0 Å². The lowest BCUT2D eigenvalue weighted by molar-refractivity contribution is -0.134. The smallest absolute Gasteiger partial charge is 0.162 e. The van der Waals surface area contributed by atoms with E-state index in [1.165, 1.54) is 0 Å². The average Bonchev–Trinajstić information content (AvgIpc) is 1.99. The number of hydrogen-bond donors (Lipinski definition) is 0. The Morgan fingerprint density at radius 1 is 1.36 bits per heavy atom. The Labute approximate surface area is 87.3 Å². The molecule has 2 nitrogen and oxygen atoms in total. The number of hydrogen-bond acceptors (Lipinski definition) is 2. The topological polar surface area (TPSA) is 26.3 Å². The number of carbonyl (C=O) groups excluding carboxylic acids is 1. The van der Waals surface area contributed by atoms with Crippen molar-refractivity contribution in [1.29, 1.82) is 0 Å². The fraction of sp³-hybridized carbons (Fsp3) is 0.750. The van der Waals surface area contributed by atoms with Crippen LogP contribution >= 0.6 is 0 Å². The lowest BCUT2D eigenvalue weighted by Crippen LogP contribution is -2.36. The number of ether oxygens (including phenoxy) is 1. The molecule has 0 fully saturated rings. The summed E-state index contributed by atoms with van der Waals surface area (Å²) in [5, 5.41) is 0. The molecule has 0 saturated heterocycles. The lowest BCUT2D eigenvalue weighted by Gasteiger charge is -2.28. The van der Waals surface area contributed by atoms with Gasteiger partial charge in [-0.05, 0) is 18.8 Å². The second-order valence-electron chi connectivity index (χ2n) is 4.91. The Morgan fingerprint density at radius 2 is 1.86 bits per heavy atom. The molecule has 14 heavy (non-hydrogen) atoms. The zero-order valence-electron chi connectivity index (χ0n) is 10.0. The molecule has 0 spiro atoms. The highest BCUT2D eigenvalue weighted by Crippen LogP contribution is 2.24. The minimum atomic E-state index is -0.304. The van der Waals surface area contributed by atoms with Gasteiger partial charge in [-0.25, -0.2) is 0 Å². The van der Waals surface area contributed by atoms with Crippen LogP contribution in [0.3, 0.4) is 0 Å². The first-order chi connectivity index (χ1) is 6.29. The second kappa shape index (κ2) is 5.30. The first-order valence-corrected chi connectivity index (χ1v) is 4.99. The Hall–Kier alpha value is -0.630. The Morgan fingerprint density at radius 3 is 2.14 bits per heavy atom. The van der Waals surface area contributed by atoms with E-state index >= 15 is 0 Å². The molecule has 0 bridgehead atoms. The summed E-state index contributed by atoms with van der Waals surface area (Å²) in [4.78, 5) is 11.8. The van der Waals surface area contributed by atoms with Crippen LogP contribution in [0.4, 0.5) is 0 Å². The van der Waals surface area contributed by atoms with Gasteiger partial charge in [0.15, 0.2) is 5.78 Å². The van der Waals surface area contributed by atoms with E-state index in [2.05, 4.69) is 6.58 Å². The van der Waals surface area contributed by atoms with E-state index in [1.807, 2.05) is 27.7 Å². The molecule has 1 unspecified atom stereocenters. The van der Waals surface area contributed by atoms with E-state index in [4.69, 9.17) is 4.74 Å². The first-order valence-electron chi connectivity index (χ1n) is 4.99. The van der Waals surface area contributed by atoms with Crippen molar-refractivity contribution in [3.05, 3.63) is 12.2 Å². The van der Waals surface area contributed by atoms with Crippen molar-refractivity contribution in [1.82, 2.24) is 0 Å². The van der Waals surface area contributed by atoms with Gasteiger partial charge in [-0.3, -0.25) is 4.79 Å². The van der Waals surface area contributed by atoms with Crippen LogP contribution in [0.2, 0.25) is 0 Å². The Balaban J connectivity index is 4.26. The predicted molar refractivity (Wildman–Crippen MR) is 59.3 cm³/mol. The molecule has 0 radical (unpaired) electrons. The highest BCUT2D eigenvalue weighted by molar-refractivity contribution is 5.84. The Bertz CT molecular complexity index is 211. The summed E-state index contributed by atoms with van der Waals surface area (Å²) in [6, 6.07) is 0. The summed E-state index contributed by atoms with van der Waals surface area (Å²) in [6.45, 7) is 11.8. The molecular formula is C12H22O2. The maximum atomic E-state index is 11.8. The number of carbonyl (C=O) groups is 1. The standard InChI is InChI=1S/C12H22O2/c1-9(2)7-8-10(13)11(14-6)12(3,4)5/h11H,1,7-8H2,2-6H3. The molecule has 0 aromatic heterocycles. The molecule has 0 aliphatic carbocycles. The average molecular weight is 198 g/mol. The first kappa shape index (κ1) is 13.4. The van der Waals surface area contributed by atoms with Crippen LogP contribution in [0, 0.1) is 5.41 Å². The minimum absolute atomic E-state index is 0.124.